The number of carboxylic acid groups (broad SMARTS) is 1. The molecule has 1 amide bonds. The lowest BCUT2D eigenvalue weighted by Crippen LogP contribution is -2.58. The van der Waals surface area contributed by atoms with Gasteiger partial charge in [0.1, 0.15) is 5.54 Å². The van der Waals surface area contributed by atoms with Gasteiger partial charge in [-0.15, -0.1) is 0 Å². The zero-order valence-corrected chi connectivity index (χ0v) is 14.1. The first-order chi connectivity index (χ1) is 10.6. The van der Waals surface area contributed by atoms with Crippen molar-refractivity contribution in [3.8, 4) is 0 Å². The largest absolute Gasteiger partial charge is 0.478 e. The molecule has 23 heavy (non-hydrogen) atoms. The maximum Gasteiger partial charge on any atom is 0.337 e. The number of hydrogen-bond donors (Lipinski definition) is 3. The van der Waals surface area contributed by atoms with Crippen LogP contribution in [-0.4, -0.2) is 44.1 Å². The summed E-state index contributed by atoms with van der Waals surface area (Å²) in [5.41, 5.74) is -1.90. The molecule has 8 nitrogen and oxygen atoms in total. The van der Waals surface area contributed by atoms with E-state index in [1.165, 1.54) is 19.1 Å². The summed E-state index contributed by atoms with van der Waals surface area (Å²) in [4.78, 5) is 23.7. The number of carbonyl (C=O) groups excluding carboxylic acids is 1. The Kier molecular flexibility index (Phi) is 6.48. The van der Waals surface area contributed by atoms with Crippen LogP contribution in [0.3, 0.4) is 0 Å². The van der Waals surface area contributed by atoms with E-state index in [0.717, 1.165) is 6.08 Å². The van der Waals surface area contributed by atoms with Crippen LogP contribution in [0.5, 0.6) is 0 Å². The Morgan fingerprint density at radius 2 is 2.09 bits per heavy atom. The van der Waals surface area contributed by atoms with Crippen molar-refractivity contribution in [2.45, 2.75) is 32.7 Å². The smallest absolute Gasteiger partial charge is 0.337 e. The molecular formula is C14H22N2O6S. The van der Waals surface area contributed by atoms with Gasteiger partial charge >= 0.3 is 16.3 Å². The van der Waals surface area contributed by atoms with Gasteiger partial charge in [-0.1, -0.05) is 26.0 Å². The molecule has 3 N–H and O–H groups in total. The fourth-order valence-corrected chi connectivity index (χ4v) is 3.07. The van der Waals surface area contributed by atoms with Crippen molar-refractivity contribution >= 4 is 22.2 Å². The van der Waals surface area contributed by atoms with Crippen molar-refractivity contribution in [3.63, 3.8) is 0 Å². The monoisotopic (exact) mass is 346 g/mol. The fourth-order valence-electron chi connectivity index (χ4n) is 2.02. The summed E-state index contributed by atoms with van der Waals surface area (Å²) in [5.74, 6) is -1.73. The molecule has 0 spiro atoms. The summed E-state index contributed by atoms with van der Waals surface area (Å²) in [6.45, 7) is 5.48. The van der Waals surface area contributed by atoms with E-state index in [2.05, 4.69) is 14.2 Å². The molecule has 0 aromatic rings. The minimum atomic E-state index is -4.20. The third-order valence-electron chi connectivity index (χ3n) is 3.04. The summed E-state index contributed by atoms with van der Waals surface area (Å²) < 4.78 is 30.6. The van der Waals surface area contributed by atoms with Crippen molar-refractivity contribution < 1.29 is 27.3 Å². The van der Waals surface area contributed by atoms with E-state index < -0.39 is 27.7 Å². The summed E-state index contributed by atoms with van der Waals surface area (Å²) in [7, 11) is -4.20. The predicted octanol–water partition coefficient (Wildman–Crippen LogP) is 0.339. The Labute approximate surface area is 135 Å². The molecule has 0 fully saturated rings. The van der Waals surface area contributed by atoms with Crippen LogP contribution in [0.2, 0.25) is 0 Å². The van der Waals surface area contributed by atoms with E-state index in [1.807, 2.05) is 13.8 Å². The Morgan fingerprint density at radius 1 is 1.43 bits per heavy atom. The Bertz CT molecular complexity index is 623. The lowest BCUT2D eigenvalue weighted by atomic mass is 9.88. The fraction of sp³-hybridized carbons (Fsp3) is 0.571. The molecule has 0 aromatic carbocycles. The van der Waals surface area contributed by atoms with Gasteiger partial charge in [0, 0.05) is 6.54 Å². The van der Waals surface area contributed by atoms with E-state index in [4.69, 9.17) is 5.11 Å². The second-order valence-electron chi connectivity index (χ2n) is 5.55. The van der Waals surface area contributed by atoms with Crippen LogP contribution in [0.4, 0.5) is 0 Å². The van der Waals surface area contributed by atoms with Crippen molar-refractivity contribution in [2.75, 3.05) is 13.2 Å². The number of aliphatic carboxylic acids is 1. The van der Waals surface area contributed by atoms with Crippen molar-refractivity contribution in [1.29, 1.82) is 0 Å². The maximum atomic E-state index is 12.5. The topological polar surface area (TPSA) is 122 Å². The summed E-state index contributed by atoms with van der Waals surface area (Å²) in [5, 5.41) is 11.7. The minimum absolute atomic E-state index is 0.0139. The third-order valence-corrected chi connectivity index (χ3v) is 4.20. The second kappa shape index (κ2) is 7.71. The number of hydrogen-bond acceptors (Lipinski definition) is 5. The molecule has 130 valence electrons. The maximum absolute atomic E-state index is 12.5. The molecule has 1 aliphatic carbocycles. The van der Waals surface area contributed by atoms with Gasteiger partial charge in [-0.05, 0) is 25.3 Å². The molecule has 0 heterocycles. The highest BCUT2D eigenvalue weighted by Gasteiger charge is 2.41. The van der Waals surface area contributed by atoms with Crippen LogP contribution in [0.15, 0.2) is 23.8 Å². The van der Waals surface area contributed by atoms with E-state index in [1.54, 1.807) is 0 Å². The van der Waals surface area contributed by atoms with Gasteiger partial charge in [0.05, 0.1) is 12.2 Å². The first kappa shape index (κ1) is 19.3. The van der Waals surface area contributed by atoms with Crippen molar-refractivity contribution in [1.82, 2.24) is 10.0 Å². The standard InChI is InChI=1S/C14H22N2O6S/c1-4-22-23(20,21)16-14(13(19)15-9-10(2)3)7-5-6-11(8-14)12(17)18/h5-6,8,10,16H,4,7,9H2,1-3H3,(H,15,19)(H,17,18). The third kappa shape index (κ3) is 5.45. The first-order valence-corrected chi connectivity index (χ1v) is 8.62. The molecule has 1 rings (SSSR count). The summed E-state index contributed by atoms with van der Waals surface area (Å²) in [6, 6.07) is 0. The van der Waals surface area contributed by atoms with Crippen LogP contribution < -0.4 is 10.0 Å². The van der Waals surface area contributed by atoms with E-state index in [9.17, 15) is 18.0 Å². The molecule has 1 atom stereocenters. The van der Waals surface area contributed by atoms with Crippen LogP contribution in [0.1, 0.15) is 27.2 Å². The Morgan fingerprint density at radius 3 is 2.61 bits per heavy atom. The van der Waals surface area contributed by atoms with Gasteiger partial charge in [-0.3, -0.25) is 8.98 Å². The van der Waals surface area contributed by atoms with E-state index >= 15 is 0 Å². The predicted molar refractivity (Wildman–Crippen MR) is 83.7 cm³/mol. The number of carboxylic acids is 1. The lowest BCUT2D eigenvalue weighted by Gasteiger charge is -2.31. The highest BCUT2D eigenvalue weighted by atomic mass is 32.2. The van der Waals surface area contributed by atoms with Gasteiger partial charge in [-0.25, -0.2) is 4.79 Å². The normalized spacial score (nSPS) is 21.1. The molecule has 0 saturated heterocycles. The number of nitrogens with one attached hydrogen (secondary N) is 2. The number of carbonyl (C=O) groups is 2. The minimum Gasteiger partial charge on any atom is -0.478 e. The molecule has 1 unspecified atom stereocenters. The molecule has 1 aliphatic rings. The van der Waals surface area contributed by atoms with Crippen LogP contribution in [0.25, 0.3) is 0 Å². The summed E-state index contributed by atoms with van der Waals surface area (Å²) >= 11 is 0. The van der Waals surface area contributed by atoms with Crippen molar-refractivity contribution in [3.05, 3.63) is 23.8 Å². The van der Waals surface area contributed by atoms with E-state index in [-0.39, 0.29) is 24.5 Å². The van der Waals surface area contributed by atoms with Gasteiger partial charge in [0.15, 0.2) is 0 Å². The quantitative estimate of drug-likeness (QED) is 0.582. The SMILES string of the molecule is CCOS(=O)(=O)NC1(C(=O)NCC(C)C)C=C(C(=O)O)C=CC1. The van der Waals surface area contributed by atoms with Crippen LogP contribution in [-0.2, 0) is 24.1 Å². The van der Waals surface area contributed by atoms with Gasteiger partial charge < -0.3 is 10.4 Å². The molecule has 0 bridgehead atoms. The average molecular weight is 346 g/mol. The number of amides is 1. The first-order valence-electron chi connectivity index (χ1n) is 7.21. The molecule has 0 saturated carbocycles. The van der Waals surface area contributed by atoms with Crippen LogP contribution in [0, 0.1) is 5.92 Å². The van der Waals surface area contributed by atoms with Gasteiger partial charge in [-0.2, -0.15) is 13.1 Å². The lowest BCUT2D eigenvalue weighted by molar-refractivity contribution is -0.132. The molecule has 0 aromatic heterocycles. The molecule has 0 radical (unpaired) electrons. The molecule has 0 aliphatic heterocycles. The van der Waals surface area contributed by atoms with Gasteiger partial charge in [0.2, 0.25) is 5.91 Å². The zero-order valence-electron chi connectivity index (χ0n) is 13.3. The Hall–Kier alpha value is -1.71. The highest BCUT2D eigenvalue weighted by Crippen LogP contribution is 2.24. The highest BCUT2D eigenvalue weighted by molar-refractivity contribution is 7.84. The molecular weight excluding hydrogens is 324 g/mol. The second-order valence-corrected chi connectivity index (χ2v) is 6.90. The summed E-state index contributed by atoms with van der Waals surface area (Å²) in [6.07, 6.45) is 3.85. The van der Waals surface area contributed by atoms with Crippen LogP contribution >= 0.6 is 0 Å². The molecule has 9 heteroatoms. The Balaban J connectivity index is 3.18. The average Bonchev–Trinajstić information content (AvgIpc) is 2.44. The van der Waals surface area contributed by atoms with Crippen molar-refractivity contribution in [2.24, 2.45) is 5.92 Å². The number of rotatable bonds is 8. The van der Waals surface area contributed by atoms with Gasteiger partial charge in [0.25, 0.3) is 0 Å². The zero-order chi connectivity index (χ0) is 17.7. The van der Waals surface area contributed by atoms with E-state index in [0.29, 0.717) is 6.54 Å².